The molecule has 0 spiro atoms. The van der Waals surface area contributed by atoms with Crippen LogP contribution in [0, 0.1) is 0 Å². The first-order valence-electron chi connectivity index (χ1n) is 6.36. The van der Waals surface area contributed by atoms with Crippen molar-refractivity contribution in [2.45, 2.75) is 17.8 Å². The van der Waals surface area contributed by atoms with Crippen LogP contribution in [0.1, 0.15) is 5.56 Å². The molecule has 2 aliphatic rings. The van der Waals surface area contributed by atoms with E-state index in [2.05, 4.69) is 0 Å². The van der Waals surface area contributed by atoms with Gasteiger partial charge in [0, 0.05) is 0 Å². The Morgan fingerprint density at radius 1 is 1.14 bits per heavy atom. The van der Waals surface area contributed by atoms with Gasteiger partial charge in [-0.2, -0.15) is 0 Å². The van der Waals surface area contributed by atoms with Crippen molar-refractivity contribution in [2.75, 3.05) is 14.2 Å². The van der Waals surface area contributed by atoms with Gasteiger partial charge in [0.05, 0.1) is 24.3 Å². The molecule has 1 N–H and O–H groups in total. The van der Waals surface area contributed by atoms with E-state index in [9.17, 15) is 5.11 Å². The van der Waals surface area contributed by atoms with E-state index in [1.165, 1.54) is 7.11 Å². The first kappa shape index (κ1) is 14.7. The van der Waals surface area contributed by atoms with E-state index in [1.807, 2.05) is 0 Å². The molecule has 21 heavy (non-hydrogen) atoms. The second-order valence-electron chi connectivity index (χ2n) is 4.86. The molecule has 2 bridgehead atoms. The average molecular weight is 329 g/mol. The molecular weight excluding hydrogens is 315 g/mol. The molecule has 0 saturated heterocycles. The lowest BCUT2D eigenvalue weighted by atomic mass is 9.86. The normalized spacial score (nSPS) is 30.7. The Kier molecular flexibility index (Phi) is 3.66. The van der Waals surface area contributed by atoms with Crippen LogP contribution in [-0.4, -0.2) is 31.5 Å². The molecule has 6 heteroatoms. The summed E-state index contributed by atoms with van der Waals surface area (Å²) in [6, 6.07) is 5.08. The number of ether oxygens (including phenoxy) is 3. The van der Waals surface area contributed by atoms with Crippen molar-refractivity contribution in [3.63, 3.8) is 0 Å². The van der Waals surface area contributed by atoms with Gasteiger partial charge >= 0.3 is 0 Å². The predicted octanol–water partition coefficient (Wildman–Crippen LogP) is 2.92. The van der Waals surface area contributed by atoms with Crippen molar-refractivity contribution in [2.24, 2.45) is 0 Å². The fraction of sp³-hybridized carbons (Fsp3) is 0.333. The van der Waals surface area contributed by atoms with Gasteiger partial charge in [0.15, 0.2) is 17.1 Å². The topological polar surface area (TPSA) is 47.9 Å². The molecule has 3 rings (SSSR count). The number of methoxy groups -OCH3 is 2. The van der Waals surface area contributed by atoms with Crippen LogP contribution in [-0.2, 0) is 10.3 Å². The second kappa shape index (κ2) is 5.21. The monoisotopic (exact) mass is 328 g/mol. The second-order valence-corrected chi connectivity index (χ2v) is 5.65. The van der Waals surface area contributed by atoms with E-state index in [0.29, 0.717) is 22.1 Å². The summed E-state index contributed by atoms with van der Waals surface area (Å²) in [5, 5.41) is 11.6. The van der Waals surface area contributed by atoms with Gasteiger partial charge in [-0.1, -0.05) is 41.4 Å². The van der Waals surface area contributed by atoms with Gasteiger partial charge in [0.2, 0.25) is 0 Å². The molecule has 1 aromatic carbocycles. The summed E-state index contributed by atoms with van der Waals surface area (Å²) in [6.07, 6.45) is 2.58. The number of benzene rings is 1. The molecule has 112 valence electrons. The maximum absolute atomic E-state index is 11.1. The minimum absolute atomic E-state index is 0.169. The summed E-state index contributed by atoms with van der Waals surface area (Å²) in [5.41, 5.74) is -1.01. The third kappa shape index (κ3) is 2.06. The Morgan fingerprint density at radius 2 is 1.86 bits per heavy atom. The van der Waals surface area contributed by atoms with Gasteiger partial charge in [0.25, 0.3) is 0 Å². The van der Waals surface area contributed by atoms with E-state index < -0.39 is 11.7 Å². The zero-order chi connectivity index (χ0) is 15.2. The highest BCUT2D eigenvalue weighted by molar-refractivity contribution is 6.40. The minimum Gasteiger partial charge on any atom is -0.493 e. The summed E-state index contributed by atoms with van der Waals surface area (Å²) in [4.78, 5) is 0. The van der Waals surface area contributed by atoms with Gasteiger partial charge in [-0.15, -0.1) is 0 Å². The zero-order valence-electron chi connectivity index (χ0n) is 11.5. The van der Waals surface area contributed by atoms with Crippen molar-refractivity contribution in [1.29, 1.82) is 0 Å². The first-order valence-corrected chi connectivity index (χ1v) is 7.12. The molecule has 0 amide bonds. The van der Waals surface area contributed by atoms with E-state index in [-0.39, 0.29) is 11.1 Å². The molecule has 0 aromatic heterocycles. The number of hydrogen-bond donors (Lipinski definition) is 1. The lowest BCUT2D eigenvalue weighted by molar-refractivity contribution is -0.0748. The minimum atomic E-state index is -1.54. The molecule has 1 aromatic rings. The van der Waals surface area contributed by atoms with Gasteiger partial charge in [-0.25, -0.2) is 0 Å². The molecule has 0 unspecified atom stereocenters. The van der Waals surface area contributed by atoms with Crippen LogP contribution >= 0.6 is 23.2 Å². The van der Waals surface area contributed by atoms with Crippen molar-refractivity contribution in [1.82, 2.24) is 0 Å². The van der Waals surface area contributed by atoms with Gasteiger partial charge in [0.1, 0.15) is 12.2 Å². The van der Waals surface area contributed by atoms with Crippen LogP contribution in [0.25, 0.3) is 0 Å². The Bertz CT molecular complexity index is 641. The predicted molar refractivity (Wildman–Crippen MR) is 80.0 cm³/mol. The highest BCUT2D eigenvalue weighted by atomic mass is 35.5. The van der Waals surface area contributed by atoms with Crippen molar-refractivity contribution >= 4 is 23.2 Å². The Labute approximate surface area is 132 Å². The van der Waals surface area contributed by atoms with Crippen LogP contribution in [0.4, 0.5) is 0 Å². The highest BCUT2D eigenvalue weighted by Gasteiger charge is 2.50. The molecular formula is C15H14Cl2O4. The molecule has 0 fully saturated rings. The number of rotatable bonds is 3. The lowest BCUT2D eigenvalue weighted by Crippen LogP contribution is -2.44. The summed E-state index contributed by atoms with van der Waals surface area (Å²) in [5.74, 6) is 1.06. The molecule has 0 saturated carbocycles. The maximum atomic E-state index is 11.1. The van der Waals surface area contributed by atoms with Crippen molar-refractivity contribution in [3.05, 3.63) is 46.0 Å². The first-order chi connectivity index (χ1) is 10.0. The van der Waals surface area contributed by atoms with Crippen LogP contribution in [0.15, 0.2) is 40.4 Å². The SMILES string of the molecule is COc1ccc([C@@]2(O)C(Cl)=C(Cl)[C@H]3C=C[C@@H]2O3)cc1OC. The molecule has 4 nitrogen and oxygen atoms in total. The zero-order valence-corrected chi connectivity index (χ0v) is 13.0. The van der Waals surface area contributed by atoms with Crippen LogP contribution in [0.5, 0.6) is 11.5 Å². The molecule has 0 aliphatic carbocycles. The number of hydrogen-bond acceptors (Lipinski definition) is 4. The molecule has 0 radical (unpaired) electrons. The van der Waals surface area contributed by atoms with E-state index in [1.54, 1.807) is 37.5 Å². The lowest BCUT2D eigenvalue weighted by Gasteiger charge is -2.38. The van der Waals surface area contributed by atoms with Gasteiger partial charge < -0.3 is 19.3 Å². The summed E-state index contributed by atoms with van der Waals surface area (Å²) < 4.78 is 16.1. The largest absolute Gasteiger partial charge is 0.493 e. The maximum Gasteiger partial charge on any atom is 0.161 e. The molecule has 3 atom stereocenters. The standard InChI is InChI=1S/C15H14Cl2O4/c1-19-9-4-3-8(7-11(9)20-2)15(18)12-6-5-10(21-12)13(16)14(15)17/h3-7,10,12,18H,1-2H3/t10-,12+,15+/m1/s1. The Hall–Kier alpha value is -1.20. The third-order valence-electron chi connectivity index (χ3n) is 3.78. The number of fused-ring (bicyclic) bond motifs is 2. The van der Waals surface area contributed by atoms with E-state index in [0.717, 1.165) is 0 Å². The molecule has 2 heterocycles. The third-order valence-corrected chi connectivity index (χ3v) is 4.78. The molecule has 2 aliphatic heterocycles. The van der Waals surface area contributed by atoms with Crippen LogP contribution in [0.2, 0.25) is 0 Å². The van der Waals surface area contributed by atoms with Crippen LogP contribution in [0.3, 0.4) is 0 Å². The van der Waals surface area contributed by atoms with Crippen molar-refractivity contribution < 1.29 is 19.3 Å². The fourth-order valence-electron chi connectivity index (χ4n) is 2.63. The average Bonchev–Trinajstić information content (AvgIpc) is 2.98. The van der Waals surface area contributed by atoms with Gasteiger partial charge in [-0.3, -0.25) is 0 Å². The van der Waals surface area contributed by atoms with E-state index in [4.69, 9.17) is 37.4 Å². The van der Waals surface area contributed by atoms with Crippen molar-refractivity contribution in [3.8, 4) is 11.5 Å². The smallest absolute Gasteiger partial charge is 0.161 e. The van der Waals surface area contributed by atoms with Gasteiger partial charge in [-0.05, 0) is 17.7 Å². The number of halogens is 2. The fourth-order valence-corrected chi connectivity index (χ4v) is 3.22. The Balaban J connectivity index is 2.14. The Morgan fingerprint density at radius 3 is 2.52 bits per heavy atom. The van der Waals surface area contributed by atoms with Crippen LogP contribution < -0.4 is 9.47 Å². The summed E-state index contributed by atoms with van der Waals surface area (Å²) in [6.45, 7) is 0. The van der Waals surface area contributed by atoms with E-state index >= 15 is 0 Å². The summed E-state index contributed by atoms with van der Waals surface area (Å²) >= 11 is 12.5. The summed E-state index contributed by atoms with van der Waals surface area (Å²) in [7, 11) is 3.07. The highest BCUT2D eigenvalue weighted by Crippen LogP contribution is 2.49. The quantitative estimate of drug-likeness (QED) is 0.867. The number of aliphatic hydroxyl groups is 1.